The summed E-state index contributed by atoms with van der Waals surface area (Å²) in [5, 5.41) is 18.7. The standard InChI is InChI=1S/C14H18N2O3S2/c1-21-14(20)16-6-4-15(5-7-16)9-13(19)10-2-3-11(17)12(18)8-10/h2-3,8,17-18H,4-7,9H2,1H3. The van der Waals surface area contributed by atoms with E-state index in [0.29, 0.717) is 12.1 Å². The van der Waals surface area contributed by atoms with Crippen molar-refractivity contribution in [2.45, 2.75) is 0 Å². The van der Waals surface area contributed by atoms with E-state index in [4.69, 9.17) is 12.2 Å². The summed E-state index contributed by atoms with van der Waals surface area (Å²) >= 11 is 6.82. The van der Waals surface area contributed by atoms with E-state index in [1.807, 2.05) is 6.26 Å². The van der Waals surface area contributed by atoms with Gasteiger partial charge in [0.15, 0.2) is 17.3 Å². The summed E-state index contributed by atoms with van der Waals surface area (Å²) in [5.41, 5.74) is 0.410. The van der Waals surface area contributed by atoms with Crippen LogP contribution >= 0.6 is 24.0 Å². The molecule has 1 aromatic carbocycles. The van der Waals surface area contributed by atoms with Crippen LogP contribution in [0.3, 0.4) is 0 Å². The van der Waals surface area contributed by atoms with Crippen LogP contribution in [0.2, 0.25) is 0 Å². The van der Waals surface area contributed by atoms with E-state index >= 15 is 0 Å². The Morgan fingerprint density at radius 1 is 1.24 bits per heavy atom. The third-order valence-electron chi connectivity index (χ3n) is 3.47. The Balaban J connectivity index is 1.89. The van der Waals surface area contributed by atoms with Crippen LogP contribution < -0.4 is 0 Å². The van der Waals surface area contributed by atoms with Crippen molar-refractivity contribution in [1.29, 1.82) is 0 Å². The molecule has 5 nitrogen and oxygen atoms in total. The second kappa shape index (κ2) is 7.11. The molecule has 0 amide bonds. The number of Topliss-reactive ketones (excluding diaryl/α,β-unsaturated/α-hetero) is 1. The molecule has 0 bridgehead atoms. The molecule has 0 atom stereocenters. The smallest absolute Gasteiger partial charge is 0.176 e. The first-order valence-corrected chi connectivity index (χ1v) is 8.25. The number of aromatic hydroxyl groups is 2. The number of hydrogen-bond donors (Lipinski definition) is 2. The molecule has 1 aromatic rings. The first kappa shape index (κ1) is 16.1. The van der Waals surface area contributed by atoms with E-state index in [9.17, 15) is 15.0 Å². The number of phenols is 2. The summed E-state index contributed by atoms with van der Waals surface area (Å²) in [6, 6.07) is 4.16. The number of thiocarbonyl (C=S) groups is 1. The lowest BCUT2D eigenvalue weighted by Crippen LogP contribution is -2.48. The van der Waals surface area contributed by atoms with Crippen LogP contribution in [0.4, 0.5) is 0 Å². The van der Waals surface area contributed by atoms with Crippen molar-refractivity contribution in [1.82, 2.24) is 9.80 Å². The van der Waals surface area contributed by atoms with Gasteiger partial charge in [0.05, 0.1) is 6.54 Å². The topological polar surface area (TPSA) is 64.0 Å². The van der Waals surface area contributed by atoms with Crippen molar-refractivity contribution in [3.63, 3.8) is 0 Å². The van der Waals surface area contributed by atoms with Crippen LogP contribution in [0.1, 0.15) is 10.4 Å². The van der Waals surface area contributed by atoms with Crippen LogP contribution in [0.25, 0.3) is 0 Å². The molecule has 114 valence electrons. The van der Waals surface area contributed by atoms with Gasteiger partial charge in [-0.05, 0) is 24.5 Å². The highest BCUT2D eigenvalue weighted by Gasteiger charge is 2.21. The van der Waals surface area contributed by atoms with Crippen molar-refractivity contribution in [2.75, 3.05) is 39.0 Å². The normalized spacial score (nSPS) is 16.0. The number of hydrogen-bond acceptors (Lipinski definition) is 6. The van der Waals surface area contributed by atoms with Gasteiger partial charge in [0.1, 0.15) is 4.32 Å². The minimum Gasteiger partial charge on any atom is -0.504 e. The van der Waals surface area contributed by atoms with E-state index < -0.39 is 0 Å². The summed E-state index contributed by atoms with van der Waals surface area (Å²) in [6.07, 6.45) is 1.97. The van der Waals surface area contributed by atoms with Gasteiger partial charge in [0, 0.05) is 31.7 Å². The predicted molar refractivity (Wildman–Crippen MR) is 88.2 cm³/mol. The lowest BCUT2D eigenvalue weighted by Gasteiger charge is -2.35. The largest absolute Gasteiger partial charge is 0.504 e. The number of ketones is 1. The van der Waals surface area contributed by atoms with E-state index in [-0.39, 0.29) is 17.3 Å². The van der Waals surface area contributed by atoms with Crippen LogP contribution in [0.5, 0.6) is 11.5 Å². The summed E-state index contributed by atoms with van der Waals surface area (Å²) in [5.74, 6) is -0.548. The average Bonchev–Trinajstić information content (AvgIpc) is 2.50. The highest BCUT2D eigenvalue weighted by molar-refractivity contribution is 8.22. The summed E-state index contributed by atoms with van der Waals surface area (Å²) in [7, 11) is 0. The molecule has 7 heteroatoms. The monoisotopic (exact) mass is 326 g/mol. The molecule has 1 saturated heterocycles. The van der Waals surface area contributed by atoms with Gasteiger partial charge in [0.25, 0.3) is 0 Å². The zero-order chi connectivity index (χ0) is 15.4. The molecule has 0 radical (unpaired) electrons. The Labute approximate surface area is 133 Å². The molecule has 2 rings (SSSR count). The average molecular weight is 326 g/mol. The summed E-state index contributed by atoms with van der Waals surface area (Å²) in [6.45, 7) is 3.54. The first-order valence-electron chi connectivity index (χ1n) is 6.61. The van der Waals surface area contributed by atoms with Gasteiger partial charge in [0.2, 0.25) is 0 Å². The second-order valence-corrected chi connectivity index (χ2v) is 6.30. The van der Waals surface area contributed by atoms with E-state index in [0.717, 1.165) is 30.5 Å². The van der Waals surface area contributed by atoms with Gasteiger partial charge in [-0.25, -0.2) is 0 Å². The molecule has 1 aliphatic rings. The maximum Gasteiger partial charge on any atom is 0.176 e. The van der Waals surface area contributed by atoms with Crippen LogP contribution in [-0.4, -0.2) is 69.1 Å². The quantitative estimate of drug-likeness (QED) is 0.496. The number of phenolic OH excluding ortho intramolecular Hbond substituents is 2. The third kappa shape index (κ3) is 4.09. The molecule has 1 fully saturated rings. The van der Waals surface area contributed by atoms with Gasteiger partial charge in [-0.1, -0.05) is 12.2 Å². The van der Waals surface area contributed by atoms with E-state index in [2.05, 4.69) is 9.80 Å². The maximum atomic E-state index is 12.2. The number of piperazine rings is 1. The van der Waals surface area contributed by atoms with E-state index in [1.54, 1.807) is 11.8 Å². The Morgan fingerprint density at radius 3 is 2.48 bits per heavy atom. The highest BCUT2D eigenvalue weighted by Crippen LogP contribution is 2.25. The number of rotatable bonds is 3. The molecule has 0 saturated carbocycles. The number of thioether (sulfide) groups is 1. The van der Waals surface area contributed by atoms with Gasteiger partial charge < -0.3 is 15.1 Å². The summed E-state index contributed by atoms with van der Waals surface area (Å²) in [4.78, 5) is 16.4. The fourth-order valence-electron chi connectivity index (χ4n) is 2.21. The van der Waals surface area contributed by atoms with Crippen LogP contribution in [0, 0.1) is 0 Å². The third-order valence-corrected chi connectivity index (χ3v) is 4.84. The Bertz CT molecular complexity index is 543. The molecule has 0 aromatic heterocycles. The lowest BCUT2D eigenvalue weighted by atomic mass is 10.1. The summed E-state index contributed by atoms with van der Waals surface area (Å²) < 4.78 is 0.893. The second-order valence-electron chi connectivity index (χ2n) is 4.86. The number of carbonyl (C=O) groups excluding carboxylic acids is 1. The molecule has 1 aliphatic heterocycles. The molecule has 0 unspecified atom stereocenters. The molecular weight excluding hydrogens is 308 g/mol. The first-order chi connectivity index (χ1) is 10.0. The van der Waals surface area contributed by atoms with Crippen molar-refractivity contribution < 1.29 is 15.0 Å². The molecule has 21 heavy (non-hydrogen) atoms. The maximum absolute atomic E-state index is 12.2. The molecule has 2 N–H and O–H groups in total. The predicted octanol–water partition coefficient (Wildman–Crippen LogP) is 1.55. The number of carbonyl (C=O) groups is 1. The SMILES string of the molecule is CSC(=S)N1CCN(CC(=O)c2ccc(O)c(O)c2)CC1. The highest BCUT2D eigenvalue weighted by atomic mass is 32.2. The van der Waals surface area contributed by atoms with E-state index in [1.165, 1.54) is 18.2 Å². The van der Waals surface area contributed by atoms with Crippen LogP contribution in [0.15, 0.2) is 18.2 Å². The van der Waals surface area contributed by atoms with Gasteiger partial charge in [-0.3, -0.25) is 9.69 Å². The minimum atomic E-state index is -0.268. The Hall–Kier alpha value is -1.31. The van der Waals surface area contributed by atoms with Gasteiger partial charge in [-0.15, -0.1) is 11.8 Å². The molecule has 0 aliphatic carbocycles. The zero-order valence-corrected chi connectivity index (χ0v) is 13.4. The fraction of sp³-hybridized carbons (Fsp3) is 0.429. The van der Waals surface area contributed by atoms with Crippen LogP contribution in [-0.2, 0) is 0 Å². The van der Waals surface area contributed by atoms with Crippen molar-refractivity contribution in [2.24, 2.45) is 0 Å². The van der Waals surface area contributed by atoms with Gasteiger partial charge >= 0.3 is 0 Å². The minimum absolute atomic E-state index is 0.0637. The Kier molecular flexibility index (Phi) is 5.44. The van der Waals surface area contributed by atoms with Crippen molar-refractivity contribution in [3.8, 4) is 11.5 Å². The van der Waals surface area contributed by atoms with Crippen molar-refractivity contribution >= 4 is 34.1 Å². The molecule has 0 spiro atoms. The fourth-order valence-corrected chi connectivity index (χ4v) is 2.83. The van der Waals surface area contributed by atoms with Gasteiger partial charge in [-0.2, -0.15) is 0 Å². The van der Waals surface area contributed by atoms with Crippen molar-refractivity contribution in [3.05, 3.63) is 23.8 Å². The number of nitrogens with zero attached hydrogens (tertiary/aromatic N) is 2. The molecular formula is C14H18N2O3S2. The number of benzene rings is 1. The lowest BCUT2D eigenvalue weighted by molar-refractivity contribution is 0.0898. The zero-order valence-electron chi connectivity index (χ0n) is 11.8. The Morgan fingerprint density at radius 2 is 1.90 bits per heavy atom. The molecule has 1 heterocycles.